The van der Waals surface area contributed by atoms with E-state index in [4.69, 9.17) is 22.4 Å². The molecular formula is C11H10ClN5O. The van der Waals surface area contributed by atoms with E-state index in [9.17, 15) is 0 Å². The minimum Gasteiger partial charge on any atom is -0.508 e. The highest BCUT2D eigenvalue weighted by Crippen LogP contribution is 2.21. The van der Waals surface area contributed by atoms with Crippen LogP contribution >= 0.6 is 11.6 Å². The van der Waals surface area contributed by atoms with Crippen molar-refractivity contribution >= 4 is 29.3 Å². The van der Waals surface area contributed by atoms with Crippen LogP contribution in [0.15, 0.2) is 35.7 Å². The highest BCUT2D eigenvalue weighted by molar-refractivity contribution is 6.32. The second-order valence-corrected chi connectivity index (χ2v) is 3.75. The molecule has 0 unspecified atom stereocenters. The molecule has 0 fully saturated rings. The minimum atomic E-state index is 0.173. The molecule has 0 bridgehead atoms. The Morgan fingerprint density at radius 1 is 1.28 bits per heavy atom. The lowest BCUT2D eigenvalue weighted by molar-refractivity contribution is 0.475. The second-order valence-electron chi connectivity index (χ2n) is 3.39. The Balaban J connectivity index is 2.07. The summed E-state index contributed by atoms with van der Waals surface area (Å²) in [5, 5.41) is 13.3. The monoisotopic (exact) mass is 263 g/mol. The van der Waals surface area contributed by atoms with Crippen molar-refractivity contribution in [2.75, 3.05) is 11.2 Å². The smallest absolute Gasteiger partial charge is 0.174 e. The number of hydrogen-bond acceptors (Lipinski definition) is 6. The van der Waals surface area contributed by atoms with Crippen LogP contribution in [0.25, 0.3) is 0 Å². The molecule has 18 heavy (non-hydrogen) atoms. The van der Waals surface area contributed by atoms with E-state index >= 15 is 0 Å². The van der Waals surface area contributed by atoms with Gasteiger partial charge >= 0.3 is 0 Å². The number of halogens is 1. The van der Waals surface area contributed by atoms with Crippen molar-refractivity contribution in [1.29, 1.82) is 0 Å². The van der Waals surface area contributed by atoms with Crippen molar-refractivity contribution in [1.82, 2.24) is 9.97 Å². The topological polar surface area (TPSA) is 96.4 Å². The molecule has 0 saturated carbocycles. The Morgan fingerprint density at radius 3 is 2.72 bits per heavy atom. The fraction of sp³-hybridized carbons (Fsp3) is 0. The predicted octanol–water partition coefficient (Wildman–Crippen LogP) is 1.86. The Morgan fingerprint density at radius 2 is 2.00 bits per heavy atom. The number of phenolic OH excluding ortho intramolecular Hbond substituents is 1. The van der Waals surface area contributed by atoms with Gasteiger partial charge in [0.2, 0.25) is 0 Å². The Labute approximate surface area is 108 Å². The molecule has 0 spiro atoms. The number of rotatable bonds is 3. The number of nitrogens with zero attached hydrogens (tertiary/aromatic N) is 3. The number of phenols is 1. The fourth-order valence-electron chi connectivity index (χ4n) is 1.19. The summed E-state index contributed by atoms with van der Waals surface area (Å²) in [7, 11) is 0. The van der Waals surface area contributed by atoms with Gasteiger partial charge in [0.05, 0.1) is 6.21 Å². The molecule has 2 rings (SSSR count). The van der Waals surface area contributed by atoms with Gasteiger partial charge in [-0.2, -0.15) is 5.10 Å². The lowest BCUT2D eigenvalue weighted by Gasteiger charge is -2.03. The van der Waals surface area contributed by atoms with Crippen LogP contribution in [-0.2, 0) is 0 Å². The van der Waals surface area contributed by atoms with Crippen molar-refractivity contribution in [2.24, 2.45) is 5.10 Å². The third-order valence-electron chi connectivity index (χ3n) is 2.11. The van der Waals surface area contributed by atoms with Gasteiger partial charge in [-0.1, -0.05) is 11.6 Å². The first-order valence-electron chi connectivity index (χ1n) is 5.01. The van der Waals surface area contributed by atoms with Crippen molar-refractivity contribution in [3.63, 3.8) is 0 Å². The molecule has 6 nitrogen and oxygen atoms in total. The summed E-state index contributed by atoms with van der Waals surface area (Å²) in [5.41, 5.74) is 9.38. The quantitative estimate of drug-likeness (QED) is 0.446. The van der Waals surface area contributed by atoms with Crippen molar-refractivity contribution < 1.29 is 5.11 Å². The summed E-state index contributed by atoms with van der Waals surface area (Å²) in [6.07, 6.45) is 2.85. The number of aromatic hydroxyl groups is 1. The third kappa shape index (κ3) is 2.86. The van der Waals surface area contributed by atoms with Crippen molar-refractivity contribution in [2.45, 2.75) is 0 Å². The fourth-order valence-corrected chi connectivity index (χ4v) is 1.32. The van der Waals surface area contributed by atoms with Crippen LogP contribution in [0.1, 0.15) is 5.56 Å². The Kier molecular flexibility index (Phi) is 3.59. The summed E-state index contributed by atoms with van der Waals surface area (Å²) >= 11 is 5.73. The Hall–Kier alpha value is -2.34. The highest BCUT2D eigenvalue weighted by atomic mass is 35.5. The Bertz CT molecular complexity index is 570. The average molecular weight is 264 g/mol. The zero-order valence-electron chi connectivity index (χ0n) is 9.21. The van der Waals surface area contributed by atoms with Gasteiger partial charge in [0, 0.05) is 0 Å². The standard InChI is InChI=1S/C11H10ClN5O/c12-10-9(13)11(15-6-14-10)17-16-5-7-1-3-8(18)4-2-7/h1-6,18H,13H2,(H,14,15,17)/b16-5+. The summed E-state index contributed by atoms with van der Waals surface area (Å²) in [4.78, 5) is 7.62. The van der Waals surface area contributed by atoms with Crippen molar-refractivity contribution in [3.8, 4) is 5.75 Å². The van der Waals surface area contributed by atoms with Gasteiger partial charge in [-0.25, -0.2) is 9.97 Å². The molecule has 0 atom stereocenters. The number of benzene rings is 1. The molecule has 2 aromatic rings. The molecule has 0 radical (unpaired) electrons. The molecule has 92 valence electrons. The van der Waals surface area contributed by atoms with Crippen LogP contribution in [-0.4, -0.2) is 21.3 Å². The van der Waals surface area contributed by atoms with Gasteiger partial charge < -0.3 is 10.8 Å². The van der Waals surface area contributed by atoms with Crippen LogP contribution in [0.5, 0.6) is 5.75 Å². The number of nitrogens with one attached hydrogen (secondary N) is 1. The minimum absolute atomic E-state index is 0.173. The molecule has 7 heteroatoms. The highest BCUT2D eigenvalue weighted by Gasteiger charge is 2.03. The number of hydrazone groups is 1. The van der Waals surface area contributed by atoms with Crippen molar-refractivity contribution in [3.05, 3.63) is 41.3 Å². The lowest BCUT2D eigenvalue weighted by atomic mass is 10.2. The zero-order valence-corrected chi connectivity index (χ0v) is 9.96. The molecule has 0 aliphatic rings. The summed E-state index contributed by atoms with van der Waals surface area (Å²) < 4.78 is 0. The van der Waals surface area contributed by atoms with Gasteiger partial charge in [0.15, 0.2) is 11.0 Å². The lowest BCUT2D eigenvalue weighted by Crippen LogP contribution is -2.00. The SMILES string of the molecule is Nc1c(Cl)ncnc1N/N=C/c1ccc(O)cc1. The van der Waals surface area contributed by atoms with E-state index in [0.717, 1.165) is 5.56 Å². The van der Waals surface area contributed by atoms with Gasteiger partial charge in [0.1, 0.15) is 17.8 Å². The molecule has 1 heterocycles. The molecule has 1 aromatic heterocycles. The zero-order chi connectivity index (χ0) is 13.0. The second kappa shape index (κ2) is 5.33. The largest absolute Gasteiger partial charge is 0.508 e. The van der Waals surface area contributed by atoms with Crippen LogP contribution in [0, 0.1) is 0 Å². The number of nitrogen functional groups attached to an aromatic ring is 1. The van der Waals surface area contributed by atoms with E-state index in [-0.39, 0.29) is 16.6 Å². The van der Waals surface area contributed by atoms with E-state index in [1.54, 1.807) is 30.5 Å². The molecule has 0 aliphatic carbocycles. The maximum absolute atomic E-state index is 9.12. The van der Waals surface area contributed by atoms with Crippen LogP contribution < -0.4 is 11.2 Å². The van der Waals surface area contributed by atoms with Gasteiger partial charge in [0.25, 0.3) is 0 Å². The normalized spacial score (nSPS) is 10.7. The predicted molar refractivity (Wildman–Crippen MR) is 70.8 cm³/mol. The van der Waals surface area contributed by atoms with E-state index in [0.29, 0.717) is 5.82 Å². The van der Waals surface area contributed by atoms with E-state index in [1.165, 1.54) is 6.33 Å². The molecule has 0 amide bonds. The van der Waals surface area contributed by atoms with Gasteiger partial charge in [-0.15, -0.1) is 0 Å². The average Bonchev–Trinajstić information content (AvgIpc) is 2.37. The van der Waals surface area contributed by atoms with Crippen LogP contribution in [0.3, 0.4) is 0 Å². The first kappa shape index (κ1) is 12.1. The summed E-state index contributed by atoms with van der Waals surface area (Å²) in [6.45, 7) is 0. The first-order valence-corrected chi connectivity index (χ1v) is 5.38. The molecule has 4 N–H and O–H groups in total. The van der Waals surface area contributed by atoms with Crippen LogP contribution in [0.4, 0.5) is 11.5 Å². The third-order valence-corrected chi connectivity index (χ3v) is 2.41. The van der Waals surface area contributed by atoms with Gasteiger partial charge in [-0.05, 0) is 29.8 Å². The number of hydrogen-bond donors (Lipinski definition) is 3. The molecule has 0 aliphatic heterocycles. The number of nitrogens with two attached hydrogens (primary N) is 1. The molecule has 1 aromatic carbocycles. The summed E-state index contributed by atoms with van der Waals surface area (Å²) in [6, 6.07) is 6.57. The van der Waals surface area contributed by atoms with E-state index in [2.05, 4.69) is 20.5 Å². The van der Waals surface area contributed by atoms with Crippen LogP contribution in [0.2, 0.25) is 5.15 Å². The number of aromatic nitrogens is 2. The van der Waals surface area contributed by atoms with E-state index in [1.807, 2.05) is 0 Å². The maximum atomic E-state index is 9.12. The number of anilines is 2. The molecular weight excluding hydrogens is 254 g/mol. The molecule has 0 saturated heterocycles. The van der Waals surface area contributed by atoms with Gasteiger partial charge in [-0.3, -0.25) is 5.43 Å². The first-order chi connectivity index (χ1) is 8.66. The summed E-state index contributed by atoms with van der Waals surface area (Å²) in [5.74, 6) is 0.539. The maximum Gasteiger partial charge on any atom is 0.174 e. The van der Waals surface area contributed by atoms with E-state index < -0.39 is 0 Å².